The van der Waals surface area contributed by atoms with Crippen molar-refractivity contribution in [2.24, 2.45) is 7.05 Å². The van der Waals surface area contributed by atoms with Crippen LogP contribution >= 0.6 is 31.9 Å². The van der Waals surface area contributed by atoms with Crippen LogP contribution in [0.15, 0.2) is 88.3 Å². The first-order valence-electron chi connectivity index (χ1n) is 10.0. The minimum absolute atomic E-state index is 0.728. The molecule has 5 aromatic rings. The van der Waals surface area contributed by atoms with Gasteiger partial charge in [0.15, 0.2) is 0 Å². The van der Waals surface area contributed by atoms with Gasteiger partial charge < -0.3 is 0 Å². The Kier molecular flexibility index (Phi) is 7.02. The summed E-state index contributed by atoms with van der Waals surface area (Å²) < 4.78 is 5.99. The van der Waals surface area contributed by atoms with E-state index in [1.807, 2.05) is 66.2 Å². The van der Waals surface area contributed by atoms with Gasteiger partial charge in [0.05, 0.1) is 30.3 Å². The zero-order valence-electron chi connectivity index (χ0n) is 17.7. The van der Waals surface area contributed by atoms with Crippen molar-refractivity contribution in [1.82, 2.24) is 29.8 Å². The number of nitrogens with one attached hydrogen (secondary N) is 1. The van der Waals surface area contributed by atoms with Crippen molar-refractivity contribution >= 4 is 31.9 Å². The van der Waals surface area contributed by atoms with E-state index in [2.05, 4.69) is 88.8 Å². The van der Waals surface area contributed by atoms with Crippen LogP contribution in [-0.4, -0.2) is 29.8 Å². The molecule has 1 N–H and O–H groups in total. The van der Waals surface area contributed by atoms with Crippen molar-refractivity contribution in [3.63, 3.8) is 0 Å². The second-order valence-electron chi connectivity index (χ2n) is 7.33. The average molecular weight is 554 g/mol. The first kappa shape index (κ1) is 22.2. The Bertz CT molecular complexity index is 1300. The Morgan fingerprint density at radius 1 is 0.875 bits per heavy atom. The Hall–Kier alpha value is -2.97. The molecule has 0 aliphatic rings. The number of aromatic nitrogens is 6. The van der Waals surface area contributed by atoms with Crippen LogP contribution in [0, 0.1) is 6.92 Å². The van der Waals surface area contributed by atoms with Crippen LogP contribution in [0.1, 0.15) is 11.4 Å². The van der Waals surface area contributed by atoms with E-state index >= 15 is 0 Å². The maximum Gasteiger partial charge on any atom is 0.0828 e. The van der Waals surface area contributed by atoms with Gasteiger partial charge >= 0.3 is 0 Å². The molecular weight excluding hydrogens is 532 g/mol. The fourth-order valence-electron chi connectivity index (χ4n) is 3.32. The molecule has 0 amide bonds. The molecule has 3 aromatic heterocycles. The van der Waals surface area contributed by atoms with Gasteiger partial charge in [-0.05, 0) is 48.4 Å². The maximum absolute atomic E-state index is 4.43. The zero-order valence-corrected chi connectivity index (χ0v) is 20.9. The minimum atomic E-state index is 0.728. The molecule has 0 unspecified atom stereocenters. The fraction of sp³-hybridized carbons (Fsp3) is 0.125. The SMILES string of the molecule is Brc1cccc(-c2cn[nH]c2)c1.Cc1cc(Cn2cc(-c3cccc(Br)c3)cn2)n(C)n1. The maximum atomic E-state index is 4.43. The van der Waals surface area contributed by atoms with E-state index < -0.39 is 0 Å². The quantitative estimate of drug-likeness (QED) is 0.286. The molecule has 3 heterocycles. The molecule has 8 heteroatoms. The highest BCUT2D eigenvalue weighted by atomic mass is 79.9. The number of benzene rings is 2. The van der Waals surface area contributed by atoms with E-state index in [1.165, 1.54) is 0 Å². The first-order valence-corrected chi connectivity index (χ1v) is 11.6. The van der Waals surface area contributed by atoms with Crippen LogP contribution in [0.3, 0.4) is 0 Å². The Morgan fingerprint density at radius 2 is 1.56 bits per heavy atom. The third-order valence-electron chi connectivity index (χ3n) is 4.87. The van der Waals surface area contributed by atoms with Crippen molar-refractivity contribution in [3.05, 3.63) is 99.7 Å². The average Bonchev–Trinajstić information content (AvgIpc) is 3.51. The molecule has 5 rings (SSSR count). The molecule has 0 aliphatic carbocycles. The molecule has 0 atom stereocenters. The van der Waals surface area contributed by atoms with Crippen LogP contribution < -0.4 is 0 Å². The van der Waals surface area contributed by atoms with E-state index in [1.54, 1.807) is 0 Å². The number of hydrogen-bond donors (Lipinski definition) is 1. The van der Waals surface area contributed by atoms with Gasteiger partial charge in [-0.15, -0.1) is 0 Å². The van der Waals surface area contributed by atoms with Gasteiger partial charge in [0.25, 0.3) is 0 Å². The highest BCUT2D eigenvalue weighted by Crippen LogP contribution is 2.23. The first-order chi connectivity index (χ1) is 15.5. The summed E-state index contributed by atoms with van der Waals surface area (Å²) in [6.07, 6.45) is 7.64. The molecule has 6 nitrogen and oxygen atoms in total. The van der Waals surface area contributed by atoms with Gasteiger partial charge in [-0.2, -0.15) is 15.3 Å². The number of halogens is 2. The lowest BCUT2D eigenvalue weighted by atomic mass is 10.1. The van der Waals surface area contributed by atoms with E-state index in [9.17, 15) is 0 Å². The molecule has 0 spiro atoms. The Labute approximate surface area is 203 Å². The van der Waals surface area contributed by atoms with Crippen molar-refractivity contribution in [2.45, 2.75) is 13.5 Å². The van der Waals surface area contributed by atoms with Crippen LogP contribution in [0.25, 0.3) is 22.3 Å². The van der Waals surface area contributed by atoms with E-state index in [-0.39, 0.29) is 0 Å². The molecule has 0 fully saturated rings. The summed E-state index contributed by atoms with van der Waals surface area (Å²) in [4.78, 5) is 0. The smallest absolute Gasteiger partial charge is 0.0828 e. The molecule has 0 saturated carbocycles. The number of aromatic amines is 1. The molecule has 162 valence electrons. The molecule has 0 bridgehead atoms. The number of hydrogen-bond acceptors (Lipinski definition) is 3. The summed E-state index contributed by atoms with van der Waals surface area (Å²) in [6.45, 7) is 2.73. The van der Waals surface area contributed by atoms with E-state index in [0.29, 0.717) is 0 Å². The number of rotatable bonds is 4. The fourth-order valence-corrected chi connectivity index (χ4v) is 4.12. The molecule has 0 saturated heterocycles. The Morgan fingerprint density at radius 3 is 2.12 bits per heavy atom. The summed E-state index contributed by atoms with van der Waals surface area (Å²) in [7, 11) is 1.96. The lowest BCUT2D eigenvalue weighted by Gasteiger charge is -2.02. The largest absolute Gasteiger partial charge is 0.285 e. The highest BCUT2D eigenvalue weighted by molar-refractivity contribution is 9.10. The minimum Gasteiger partial charge on any atom is -0.285 e. The van der Waals surface area contributed by atoms with Gasteiger partial charge in [0, 0.05) is 39.5 Å². The number of aryl methyl sites for hydroxylation is 2. The van der Waals surface area contributed by atoms with E-state index in [4.69, 9.17) is 0 Å². The van der Waals surface area contributed by atoms with Gasteiger partial charge in [-0.1, -0.05) is 56.1 Å². The topological polar surface area (TPSA) is 64.3 Å². The normalized spacial score (nSPS) is 10.6. The number of nitrogens with zero attached hydrogens (tertiary/aromatic N) is 5. The summed E-state index contributed by atoms with van der Waals surface area (Å²) in [5.41, 5.74) is 6.72. The molecular formula is C24H22Br2N6. The third kappa shape index (κ3) is 5.63. The monoisotopic (exact) mass is 552 g/mol. The molecule has 2 aromatic carbocycles. The second kappa shape index (κ2) is 10.1. The summed E-state index contributed by atoms with van der Waals surface area (Å²) in [6, 6.07) is 18.4. The standard InChI is InChI=1S/C15H15BrN4.C9H7BrN2/c1-11-6-15(19(2)18-11)10-20-9-13(8-17-20)12-4-3-5-14(16)7-12;10-9-3-1-2-7(4-9)8-5-11-12-6-8/h3-9H,10H2,1-2H3;1-6H,(H,11,12). The van der Waals surface area contributed by atoms with Gasteiger partial charge in [0.2, 0.25) is 0 Å². The summed E-state index contributed by atoms with van der Waals surface area (Å²) >= 11 is 6.91. The van der Waals surface area contributed by atoms with E-state index in [0.717, 1.165) is 49.1 Å². The molecule has 32 heavy (non-hydrogen) atoms. The van der Waals surface area contributed by atoms with Gasteiger partial charge in [0.1, 0.15) is 0 Å². The summed E-state index contributed by atoms with van der Waals surface area (Å²) in [5, 5.41) is 15.5. The van der Waals surface area contributed by atoms with Crippen molar-refractivity contribution in [2.75, 3.05) is 0 Å². The Balaban J connectivity index is 0.000000174. The highest BCUT2D eigenvalue weighted by Gasteiger charge is 2.06. The second-order valence-corrected chi connectivity index (χ2v) is 9.17. The lowest BCUT2D eigenvalue weighted by molar-refractivity contribution is 0.619. The third-order valence-corrected chi connectivity index (χ3v) is 5.86. The zero-order chi connectivity index (χ0) is 22.5. The van der Waals surface area contributed by atoms with Gasteiger partial charge in [-0.25, -0.2) is 0 Å². The lowest BCUT2D eigenvalue weighted by Crippen LogP contribution is -2.05. The predicted molar refractivity (Wildman–Crippen MR) is 134 cm³/mol. The van der Waals surface area contributed by atoms with Crippen LogP contribution in [0.2, 0.25) is 0 Å². The van der Waals surface area contributed by atoms with Crippen molar-refractivity contribution in [1.29, 1.82) is 0 Å². The number of H-pyrrole nitrogens is 1. The summed E-state index contributed by atoms with van der Waals surface area (Å²) in [5.74, 6) is 0. The molecule has 0 radical (unpaired) electrons. The van der Waals surface area contributed by atoms with Crippen molar-refractivity contribution < 1.29 is 0 Å². The van der Waals surface area contributed by atoms with Crippen LogP contribution in [0.5, 0.6) is 0 Å². The van der Waals surface area contributed by atoms with Crippen molar-refractivity contribution in [3.8, 4) is 22.3 Å². The van der Waals surface area contributed by atoms with Crippen LogP contribution in [-0.2, 0) is 13.6 Å². The van der Waals surface area contributed by atoms with Gasteiger partial charge in [-0.3, -0.25) is 14.5 Å². The van der Waals surface area contributed by atoms with Crippen LogP contribution in [0.4, 0.5) is 0 Å². The molecule has 0 aliphatic heterocycles. The predicted octanol–water partition coefficient (Wildman–Crippen LogP) is 6.24.